The second-order valence-electron chi connectivity index (χ2n) is 6.78. The van der Waals surface area contributed by atoms with Crippen molar-refractivity contribution in [2.45, 2.75) is 39.5 Å². The van der Waals surface area contributed by atoms with Gasteiger partial charge in [0, 0.05) is 25.2 Å². The third-order valence-corrected chi connectivity index (χ3v) is 4.49. The zero-order valence-electron chi connectivity index (χ0n) is 16.3. The Morgan fingerprint density at radius 3 is 2.58 bits per heavy atom. The van der Waals surface area contributed by atoms with Crippen LogP contribution in [0.1, 0.15) is 42.9 Å². The van der Waals surface area contributed by atoms with E-state index >= 15 is 0 Å². The van der Waals surface area contributed by atoms with Crippen molar-refractivity contribution < 1.29 is 9.53 Å². The van der Waals surface area contributed by atoms with Crippen LogP contribution in [0, 0.1) is 6.92 Å². The largest absolute Gasteiger partial charge is 0.496 e. The molecule has 0 bridgehead atoms. The first-order chi connectivity index (χ1) is 12.5. The number of benzene rings is 2. The molecule has 4 nitrogen and oxygen atoms in total. The first-order valence-corrected chi connectivity index (χ1v) is 9.25. The van der Waals surface area contributed by atoms with Crippen LogP contribution in [0.4, 0.5) is 5.69 Å². The fourth-order valence-electron chi connectivity index (χ4n) is 3.05. The smallest absolute Gasteiger partial charge is 0.221 e. The molecule has 26 heavy (non-hydrogen) atoms. The number of hydrogen-bond donors (Lipinski definition) is 2. The molecule has 0 saturated heterocycles. The number of carbonyl (C=O) groups is 1. The molecular weight excluding hydrogens is 324 g/mol. The number of amides is 1. The maximum atomic E-state index is 12.1. The lowest BCUT2D eigenvalue weighted by molar-refractivity contribution is -0.120. The standard InChI is InChI=1S/C22H30N2O2/c1-16(2)19-10-7-8-17(3)22(19)24-15-13-21(25)23-14-12-18-9-5-6-11-20(18)26-4/h5-11,16,24H,12-15H2,1-4H3,(H,23,25). The van der Waals surface area contributed by atoms with E-state index in [1.165, 1.54) is 11.1 Å². The first-order valence-electron chi connectivity index (χ1n) is 9.25. The number of carbonyl (C=O) groups excluding carboxylic acids is 1. The van der Waals surface area contributed by atoms with Gasteiger partial charge in [0.1, 0.15) is 5.75 Å². The van der Waals surface area contributed by atoms with Crippen molar-refractivity contribution in [2.24, 2.45) is 0 Å². The maximum absolute atomic E-state index is 12.1. The van der Waals surface area contributed by atoms with Gasteiger partial charge in [-0.15, -0.1) is 0 Å². The van der Waals surface area contributed by atoms with Gasteiger partial charge in [0.25, 0.3) is 0 Å². The van der Waals surface area contributed by atoms with E-state index < -0.39 is 0 Å². The molecule has 0 aliphatic rings. The second kappa shape index (κ2) is 9.85. The average Bonchev–Trinajstić information content (AvgIpc) is 2.63. The van der Waals surface area contributed by atoms with E-state index in [0.717, 1.165) is 23.4 Å². The zero-order chi connectivity index (χ0) is 18.9. The molecule has 1 amide bonds. The van der Waals surface area contributed by atoms with Crippen LogP contribution in [0.5, 0.6) is 5.75 Å². The molecule has 4 heteroatoms. The number of anilines is 1. The van der Waals surface area contributed by atoms with Crippen LogP contribution >= 0.6 is 0 Å². The monoisotopic (exact) mass is 354 g/mol. The van der Waals surface area contributed by atoms with Crippen molar-refractivity contribution in [1.29, 1.82) is 0 Å². The highest BCUT2D eigenvalue weighted by Crippen LogP contribution is 2.27. The zero-order valence-corrected chi connectivity index (χ0v) is 16.3. The topological polar surface area (TPSA) is 50.4 Å². The van der Waals surface area contributed by atoms with Crippen molar-refractivity contribution in [2.75, 3.05) is 25.5 Å². The van der Waals surface area contributed by atoms with Gasteiger partial charge in [0.2, 0.25) is 5.91 Å². The van der Waals surface area contributed by atoms with E-state index in [4.69, 9.17) is 4.74 Å². The molecule has 0 heterocycles. The molecule has 140 valence electrons. The summed E-state index contributed by atoms with van der Waals surface area (Å²) >= 11 is 0. The van der Waals surface area contributed by atoms with Crippen molar-refractivity contribution in [3.8, 4) is 5.75 Å². The van der Waals surface area contributed by atoms with Gasteiger partial charge in [0.05, 0.1) is 7.11 Å². The minimum Gasteiger partial charge on any atom is -0.496 e. The van der Waals surface area contributed by atoms with Crippen molar-refractivity contribution in [1.82, 2.24) is 5.32 Å². The first kappa shape index (κ1) is 19.8. The van der Waals surface area contributed by atoms with Crippen LogP contribution in [-0.2, 0) is 11.2 Å². The van der Waals surface area contributed by atoms with Gasteiger partial charge in [-0.3, -0.25) is 4.79 Å². The van der Waals surface area contributed by atoms with E-state index in [-0.39, 0.29) is 5.91 Å². The lowest BCUT2D eigenvalue weighted by atomic mass is 9.98. The molecule has 0 unspecified atom stereocenters. The minimum atomic E-state index is 0.0621. The third-order valence-electron chi connectivity index (χ3n) is 4.49. The predicted molar refractivity (Wildman–Crippen MR) is 108 cm³/mol. The number of aryl methyl sites for hydroxylation is 1. The lowest BCUT2D eigenvalue weighted by Gasteiger charge is -2.17. The van der Waals surface area contributed by atoms with E-state index in [1.54, 1.807) is 7.11 Å². The summed E-state index contributed by atoms with van der Waals surface area (Å²) in [5.41, 5.74) is 4.77. The molecule has 2 aromatic rings. The Bertz CT molecular complexity index is 726. The van der Waals surface area contributed by atoms with Gasteiger partial charge in [0.15, 0.2) is 0 Å². The second-order valence-corrected chi connectivity index (χ2v) is 6.78. The number of hydrogen-bond acceptors (Lipinski definition) is 3. The summed E-state index contributed by atoms with van der Waals surface area (Å²) in [7, 11) is 1.67. The van der Waals surface area contributed by atoms with Gasteiger partial charge in [-0.2, -0.15) is 0 Å². The number of para-hydroxylation sites is 2. The van der Waals surface area contributed by atoms with Gasteiger partial charge in [-0.25, -0.2) is 0 Å². The molecule has 2 aromatic carbocycles. The van der Waals surface area contributed by atoms with Gasteiger partial charge in [-0.1, -0.05) is 50.2 Å². The Kier molecular flexibility index (Phi) is 7.52. The van der Waals surface area contributed by atoms with E-state index in [1.807, 2.05) is 24.3 Å². The Morgan fingerprint density at radius 2 is 1.85 bits per heavy atom. The fourth-order valence-corrected chi connectivity index (χ4v) is 3.05. The lowest BCUT2D eigenvalue weighted by Crippen LogP contribution is -2.27. The molecule has 0 spiro atoms. The van der Waals surface area contributed by atoms with Crippen molar-refractivity contribution >= 4 is 11.6 Å². The van der Waals surface area contributed by atoms with Crippen molar-refractivity contribution in [3.63, 3.8) is 0 Å². The maximum Gasteiger partial charge on any atom is 0.221 e. The van der Waals surface area contributed by atoms with Gasteiger partial charge >= 0.3 is 0 Å². The van der Waals surface area contributed by atoms with Crippen LogP contribution in [-0.4, -0.2) is 26.1 Å². The number of methoxy groups -OCH3 is 1. The Balaban J connectivity index is 1.78. The highest BCUT2D eigenvalue weighted by atomic mass is 16.5. The molecule has 0 saturated carbocycles. The molecule has 0 aliphatic heterocycles. The Hall–Kier alpha value is -2.49. The molecule has 0 aliphatic carbocycles. The molecular formula is C22H30N2O2. The Morgan fingerprint density at radius 1 is 1.08 bits per heavy atom. The summed E-state index contributed by atoms with van der Waals surface area (Å²) < 4.78 is 5.34. The summed E-state index contributed by atoms with van der Waals surface area (Å²) in [5, 5.41) is 6.43. The predicted octanol–water partition coefficient (Wildman–Crippen LogP) is 4.29. The van der Waals surface area contributed by atoms with Gasteiger partial charge < -0.3 is 15.4 Å². The minimum absolute atomic E-state index is 0.0621. The summed E-state index contributed by atoms with van der Waals surface area (Å²) in [4.78, 5) is 12.1. The molecule has 0 atom stereocenters. The van der Waals surface area contributed by atoms with Gasteiger partial charge in [-0.05, 0) is 42.0 Å². The number of ether oxygens (including phenoxy) is 1. The van der Waals surface area contributed by atoms with E-state index in [0.29, 0.717) is 25.4 Å². The number of nitrogens with one attached hydrogen (secondary N) is 2. The number of rotatable bonds is 9. The molecule has 0 aromatic heterocycles. The molecule has 2 N–H and O–H groups in total. The summed E-state index contributed by atoms with van der Waals surface area (Å²) in [5.74, 6) is 1.38. The highest BCUT2D eigenvalue weighted by Gasteiger charge is 2.09. The normalized spacial score (nSPS) is 10.7. The third kappa shape index (κ3) is 5.51. The summed E-state index contributed by atoms with van der Waals surface area (Å²) in [6.45, 7) is 7.71. The quantitative estimate of drug-likeness (QED) is 0.706. The van der Waals surface area contributed by atoms with Crippen LogP contribution in [0.25, 0.3) is 0 Å². The average molecular weight is 354 g/mol. The highest BCUT2D eigenvalue weighted by molar-refractivity contribution is 5.76. The van der Waals surface area contributed by atoms with E-state index in [2.05, 4.69) is 49.6 Å². The summed E-state index contributed by atoms with van der Waals surface area (Å²) in [6, 6.07) is 14.2. The van der Waals surface area contributed by atoms with E-state index in [9.17, 15) is 4.79 Å². The summed E-state index contributed by atoms with van der Waals surface area (Å²) in [6.07, 6.45) is 1.22. The molecule has 0 radical (unpaired) electrons. The Labute approximate surface area is 157 Å². The SMILES string of the molecule is COc1ccccc1CCNC(=O)CCNc1c(C)cccc1C(C)C. The molecule has 2 rings (SSSR count). The van der Waals surface area contributed by atoms with Crippen LogP contribution in [0.2, 0.25) is 0 Å². The van der Waals surface area contributed by atoms with Crippen LogP contribution in [0.15, 0.2) is 42.5 Å². The van der Waals surface area contributed by atoms with Crippen LogP contribution in [0.3, 0.4) is 0 Å². The van der Waals surface area contributed by atoms with Crippen LogP contribution < -0.4 is 15.4 Å². The fraction of sp³-hybridized carbons (Fsp3) is 0.409. The van der Waals surface area contributed by atoms with Crippen molar-refractivity contribution in [3.05, 3.63) is 59.2 Å². The molecule has 0 fully saturated rings.